The summed E-state index contributed by atoms with van der Waals surface area (Å²) in [6.07, 6.45) is 11.9. The highest BCUT2D eigenvalue weighted by atomic mass is 16.6. The molecule has 1 N–H and O–H groups in total. The highest BCUT2D eigenvalue weighted by molar-refractivity contribution is 5.70. The number of aliphatic hydroxyl groups excluding tert-OH is 1. The van der Waals surface area contributed by atoms with Crippen LogP contribution in [0, 0.1) is 17.8 Å². The maximum Gasteiger partial charge on any atom is 0.306 e. The van der Waals surface area contributed by atoms with Crippen molar-refractivity contribution < 1.29 is 14.6 Å². The first-order chi connectivity index (χ1) is 9.63. The Bertz CT molecular complexity index is 395. The van der Waals surface area contributed by atoms with Crippen LogP contribution >= 0.6 is 0 Å². The summed E-state index contributed by atoms with van der Waals surface area (Å²) in [5.74, 6) is 0.681. The minimum atomic E-state index is -0.261. The van der Waals surface area contributed by atoms with Gasteiger partial charge in [-0.1, -0.05) is 25.5 Å². The molecule has 0 aromatic carbocycles. The smallest absolute Gasteiger partial charge is 0.306 e. The van der Waals surface area contributed by atoms with Gasteiger partial charge in [0.05, 0.1) is 6.10 Å². The molecule has 3 aliphatic carbocycles. The van der Waals surface area contributed by atoms with Gasteiger partial charge in [-0.15, -0.1) is 0 Å². The molecule has 4 unspecified atom stereocenters. The van der Waals surface area contributed by atoms with E-state index in [1.54, 1.807) is 0 Å². The van der Waals surface area contributed by atoms with Gasteiger partial charge in [-0.2, -0.15) is 0 Å². The SMILES string of the molecule is CCC1(OC(=O)CC2CC3C=CC2C3O)CCCCC1. The second kappa shape index (κ2) is 5.51. The van der Waals surface area contributed by atoms with Crippen molar-refractivity contribution in [3.63, 3.8) is 0 Å². The summed E-state index contributed by atoms with van der Waals surface area (Å²) in [5.41, 5.74) is -0.193. The average molecular weight is 278 g/mol. The fourth-order valence-electron chi connectivity index (χ4n) is 4.39. The molecular weight excluding hydrogens is 252 g/mol. The number of carbonyl (C=O) groups is 1. The highest BCUT2D eigenvalue weighted by Gasteiger charge is 2.45. The summed E-state index contributed by atoms with van der Waals surface area (Å²) < 4.78 is 5.89. The lowest BCUT2D eigenvalue weighted by Crippen LogP contribution is -2.37. The molecule has 0 amide bonds. The molecule has 2 saturated carbocycles. The number of hydrogen-bond donors (Lipinski definition) is 1. The van der Waals surface area contributed by atoms with E-state index in [4.69, 9.17) is 4.74 Å². The lowest BCUT2D eigenvalue weighted by atomic mass is 9.82. The van der Waals surface area contributed by atoms with Crippen LogP contribution in [0.2, 0.25) is 0 Å². The lowest BCUT2D eigenvalue weighted by Gasteiger charge is -2.36. The molecule has 0 aromatic heterocycles. The van der Waals surface area contributed by atoms with Gasteiger partial charge in [0.25, 0.3) is 0 Å². The van der Waals surface area contributed by atoms with Crippen molar-refractivity contribution in [2.45, 2.75) is 70.0 Å². The van der Waals surface area contributed by atoms with Crippen molar-refractivity contribution >= 4 is 5.97 Å². The molecule has 3 rings (SSSR count). The minimum Gasteiger partial charge on any atom is -0.459 e. The van der Waals surface area contributed by atoms with Crippen molar-refractivity contribution in [1.82, 2.24) is 0 Å². The summed E-state index contributed by atoms with van der Waals surface area (Å²) in [7, 11) is 0. The predicted octanol–water partition coefficient (Wildman–Crippen LogP) is 3.22. The average Bonchev–Trinajstić information content (AvgIpc) is 2.94. The summed E-state index contributed by atoms with van der Waals surface area (Å²) in [6, 6.07) is 0. The molecule has 2 fully saturated rings. The van der Waals surface area contributed by atoms with E-state index in [-0.39, 0.29) is 35.4 Å². The van der Waals surface area contributed by atoms with Gasteiger partial charge < -0.3 is 9.84 Å². The standard InChI is InChI=1S/C17H26O3/c1-2-17(8-4-3-5-9-17)20-15(18)11-13-10-12-6-7-14(13)16(12)19/h6-7,12-14,16,19H,2-5,8-11H2,1H3. The molecule has 0 heterocycles. The van der Waals surface area contributed by atoms with Gasteiger partial charge in [-0.05, 0) is 44.4 Å². The number of aliphatic hydroxyl groups is 1. The van der Waals surface area contributed by atoms with Crippen LogP contribution in [0.25, 0.3) is 0 Å². The number of ether oxygens (including phenoxy) is 1. The molecule has 20 heavy (non-hydrogen) atoms. The Labute approximate surface area is 121 Å². The van der Waals surface area contributed by atoms with Crippen LogP contribution in [0.3, 0.4) is 0 Å². The zero-order valence-corrected chi connectivity index (χ0v) is 12.4. The minimum absolute atomic E-state index is 0.0492. The number of carbonyl (C=O) groups excluding carboxylic acids is 1. The first-order valence-electron chi connectivity index (χ1n) is 8.22. The molecule has 3 aliphatic rings. The third-order valence-electron chi connectivity index (χ3n) is 5.70. The third-order valence-corrected chi connectivity index (χ3v) is 5.70. The van der Waals surface area contributed by atoms with Crippen molar-refractivity contribution in [2.24, 2.45) is 17.8 Å². The first kappa shape index (κ1) is 14.1. The quantitative estimate of drug-likeness (QED) is 0.634. The van der Waals surface area contributed by atoms with Crippen molar-refractivity contribution in [1.29, 1.82) is 0 Å². The summed E-state index contributed by atoms with van der Waals surface area (Å²) in [6.45, 7) is 2.13. The van der Waals surface area contributed by atoms with E-state index in [9.17, 15) is 9.90 Å². The second-order valence-corrected chi connectivity index (χ2v) is 6.89. The largest absolute Gasteiger partial charge is 0.459 e. The van der Waals surface area contributed by atoms with E-state index in [1.165, 1.54) is 19.3 Å². The maximum atomic E-state index is 12.3. The molecule has 3 heteroatoms. The molecule has 0 radical (unpaired) electrons. The molecule has 112 valence electrons. The molecule has 0 spiro atoms. The van der Waals surface area contributed by atoms with E-state index in [0.717, 1.165) is 25.7 Å². The van der Waals surface area contributed by atoms with Gasteiger partial charge in [0, 0.05) is 18.3 Å². The number of hydrogen-bond acceptors (Lipinski definition) is 3. The molecule has 3 nitrogen and oxygen atoms in total. The zero-order chi connectivity index (χ0) is 14.2. The zero-order valence-electron chi connectivity index (χ0n) is 12.4. The van der Waals surface area contributed by atoms with E-state index in [1.807, 2.05) is 0 Å². The van der Waals surface area contributed by atoms with Crippen LogP contribution in [0.5, 0.6) is 0 Å². The Balaban J connectivity index is 1.56. The van der Waals surface area contributed by atoms with Crippen molar-refractivity contribution in [3.8, 4) is 0 Å². The number of rotatable bonds is 4. The monoisotopic (exact) mass is 278 g/mol. The van der Waals surface area contributed by atoms with Crippen LogP contribution in [0.1, 0.15) is 58.3 Å². The van der Waals surface area contributed by atoms with Crippen LogP contribution in [0.15, 0.2) is 12.2 Å². The van der Waals surface area contributed by atoms with E-state index < -0.39 is 0 Å². The highest BCUT2D eigenvalue weighted by Crippen LogP contribution is 2.45. The molecule has 0 saturated heterocycles. The maximum absolute atomic E-state index is 12.3. The van der Waals surface area contributed by atoms with E-state index in [2.05, 4.69) is 19.1 Å². The van der Waals surface area contributed by atoms with Gasteiger partial charge in [0.2, 0.25) is 0 Å². The van der Waals surface area contributed by atoms with Crippen LogP contribution in [-0.2, 0) is 9.53 Å². The van der Waals surface area contributed by atoms with Crippen LogP contribution < -0.4 is 0 Å². The Kier molecular flexibility index (Phi) is 3.89. The Hall–Kier alpha value is -0.830. The van der Waals surface area contributed by atoms with Crippen LogP contribution in [-0.4, -0.2) is 22.8 Å². The molecule has 0 aromatic rings. The third kappa shape index (κ3) is 2.52. The van der Waals surface area contributed by atoms with Gasteiger partial charge in [-0.3, -0.25) is 4.79 Å². The van der Waals surface area contributed by atoms with E-state index in [0.29, 0.717) is 6.42 Å². The molecule has 2 bridgehead atoms. The summed E-state index contributed by atoms with van der Waals surface area (Å²) in [4.78, 5) is 12.3. The summed E-state index contributed by atoms with van der Waals surface area (Å²) in [5, 5.41) is 10.0. The summed E-state index contributed by atoms with van der Waals surface area (Å²) >= 11 is 0. The van der Waals surface area contributed by atoms with Crippen molar-refractivity contribution in [2.75, 3.05) is 0 Å². The van der Waals surface area contributed by atoms with E-state index >= 15 is 0 Å². The fraction of sp³-hybridized carbons (Fsp3) is 0.824. The molecular formula is C17H26O3. The van der Waals surface area contributed by atoms with Crippen molar-refractivity contribution in [3.05, 3.63) is 12.2 Å². The lowest BCUT2D eigenvalue weighted by molar-refractivity contribution is -0.165. The fourth-order valence-corrected chi connectivity index (χ4v) is 4.39. The topological polar surface area (TPSA) is 46.5 Å². The second-order valence-electron chi connectivity index (χ2n) is 6.89. The Morgan fingerprint density at radius 1 is 1.30 bits per heavy atom. The number of esters is 1. The van der Waals surface area contributed by atoms with Crippen LogP contribution in [0.4, 0.5) is 0 Å². The number of fused-ring (bicyclic) bond motifs is 2. The first-order valence-corrected chi connectivity index (χ1v) is 8.22. The Morgan fingerprint density at radius 3 is 2.60 bits per heavy atom. The Morgan fingerprint density at radius 2 is 2.05 bits per heavy atom. The van der Waals surface area contributed by atoms with Gasteiger partial charge in [0.15, 0.2) is 0 Å². The molecule has 4 atom stereocenters. The van der Waals surface area contributed by atoms with Gasteiger partial charge in [0.1, 0.15) is 5.60 Å². The van der Waals surface area contributed by atoms with Gasteiger partial charge >= 0.3 is 5.97 Å². The molecule has 0 aliphatic heterocycles. The normalized spacial score (nSPS) is 38.1. The predicted molar refractivity (Wildman–Crippen MR) is 77.0 cm³/mol. The van der Waals surface area contributed by atoms with Gasteiger partial charge in [-0.25, -0.2) is 0 Å².